The van der Waals surface area contributed by atoms with Gasteiger partial charge in [0.05, 0.1) is 18.4 Å². The van der Waals surface area contributed by atoms with E-state index >= 15 is 0 Å². The Kier molecular flexibility index (Phi) is 5.62. The van der Waals surface area contributed by atoms with Crippen molar-refractivity contribution in [1.29, 1.82) is 0 Å². The van der Waals surface area contributed by atoms with Crippen molar-refractivity contribution in [2.45, 2.75) is 24.3 Å². The summed E-state index contributed by atoms with van der Waals surface area (Å²) >= 11 is 0. The zero-order valence-electron chi connectivity index (χ0n) is 13.8. The number of carbonyl (C=O) groups is 3. The van der Waals surface area contributed by atoms with Crippen LogP contribution in [0.3, 0.4) is 0 Å². The highest BCUT2D eigenvalue weighted by molar-refractivity contribution is 7.90. The average molecular weight is 369 g/mol. The van der Waals surface area contributed by atoms with Gasteiger partial charge in [-0.3, -0.25) is 9.59 Å². The van der Waals surface area contributed by atoms with E-state index in [-0.39, 0.29) is 24.4 Å². The summed E-state index contributed by atoms with van der Waals surface area (Å²) in [6.45, 7) is 2.04. The maximum absolute atomic E-state index is 12.4. The quantitative estimate of drug-likeness (QED) is 0.706. The van der Waals surface area contributed by atoms with E-state index in [1.165, 1.54) is 12.1 Å². The zero-order valence-corrected chi connectivity index (χ0v) is 14.6. The van der Waals surface area contributed by atoms with Crippen LogP contribution in [-0.4, -0.2) is 57.5 Å². The van der Waals surface area contributed by atoms with Crippen molar-refractivity contribution in [3.05, 3.63) is 29.8 Å². The summed E-state index contributed by atoms with van der Waals surface area (Å²) in [4.78, 5) is 36.7. The van der Waals surface area contributed by atoms with Gasteiger partial charge in [0.25, 0.3) is 10.0 Å². The van der Waals surface area contributed by atoms with Gasteiger partial charge in [0, 0.05) is 13.1 Å². The van der Waals surface area contributed by atoms with Crippen LogP contribution in [0, 0.1) is 6.92 Å². The number of amides is 3. The molecule has 0 bridgehead atoms. The molecule has 25 heavy (non-hydrogen) atoms. The van der Waals surface area contributed by atoms with Gasteiger partial charge in [-0.15, -0.1) is 0 Å². The fourth-order valence-corrected chi connectivity index (χ4v) is 3.31. The van der Waals surface area contributed by atoms with Gasteiger partial charge in [-0.2, -0.15) is 0 Å². The van der Waals surface area contributed by atoms with Gasteiger partial charge < -0.3 is 15.0 Å². The second-order valence-electron chi connectivity index (χ2n) is 5.50. The molecule has 1 aliphatic heterocycles. The Morgan fingerprint density at radius 2 is 1.96 bits per heavy atom. The summed E-state index contributed by atoms with van der Waals surface area (Å²) in [7, 11) is -2.93. The average Bonchev–Trinajstić information content (AvgIpc) is 2.56. The number of methoxy groups -OCH3 is 1. The SMILES string of the molecule is COC(=O)C[C@H]1C(=O)NCCN1C(=O)NS(=O)(=O)c1ccc(C)cc1. The van der Waals surface area contributed by atoms with Crippen LogP contribution in [-0.2, 0) is 24.3 Å². The van der Waals surface area contributed by atoms with Crippen LogP contribution >= 0.6 is 0 Å². The lowest BCUT2D eigenvalue weighted by molar-refractivity contribution is -0.145. The predicted molar refractivity (Wildman–Crippen MR) is 87.0 cm³/mol. The Morgan fingerprint density at radius 3 is 2.56 bits per heavy atom. The van der Waals surface area contributed by atoms with Crippen LogP contribution in [0.5, 0.6) is 0 Å². The molecule has 1 saturated heterocycles. The van der Waals surface area contributed by atoms with Gasteiger partial charge in [0.2, 0.25) is 5.91 Å². The number of esters is 1. The van der Waals surface area contributed by atoms with Gasteiger partial charge in [0.15, 0.2) is 0 Å². The first-order chi connectivity index (χ1) is 11.7. The molecule has 0 radical (unpaired) electrons. The van der Waals surface area contributed by atoms with Crippen LogP contribution in [0.25, 0.3) is 0 Å². The number of urea groups is 1. The van der Waals surface area contributed by atoms with E-state index in [0.29, 0.717) is 0 Å². The molecular formula is C15H19N3O6S. The molecule has 1 fully saturated rings. The monoisotopic (exact) mass is 369 g/mol. The summed E-state index contributed by atoms with van der Waals surface area (Å²) in [6, 6.07) is 3.86. The Labute approximate surface area is 145 Å². The molecule has 1 aromatic carbocycles. The fourth-order valence-electron chi connectivity index (χ4n) is 2.35. The minimum Gasteiger partial charge on any atom is -0.469 e. The lowest BCUT2D eigenvalue weighted by atomic mass is 10.1. The van der Waals surface area contributed by atoms with Crippen LogP contribution < -0.4 is 10.0 Å². The molecule has 0 aromatic heterocycles. The maximum atomic E-state index is 12.4. The fraction of sp³-hybridized carbons (Fsp3) is 0.400. The van der Waals surface area contributed by atoms with Crippen molar-refractivity contribution < 1.29 is 27.5 Å². The molecule has 0 unspecified atom stereocenters. The number of aryl methyl sites for hydroxylation is 1. The molecule has 0 aliphatic carbocycles. The first-order valence-electron chi connectivity index (χ1n) is 7.49. The highest BCUT2D eigenvalue weighted by atomic mass is 32.2. The lowest BCUT2D eigenvalue weighted by Crippen LogP contribution is -2.60. The van der Waals surface area contributed by atoms with E-state index in [4.69, 9.17) is 0 Å². The van der Waals surface area contributed by atoms with E-state index in [9.17, 15) is 22.8 Å². The van der Waals surface area contributed by atoms with E-state index in [1.807, 2.05) is 4.72 Å². The Balaban J connectivity index is 2.17. The number of hydrogen-bond donors (Lipinski definition) is 2. The molecule has 1 aromatic rings. The van der Waals surface area contributed by atoms with Crippen LogP contribution in [0.1, 0.15) is 12.0 Å². The Hall–Kier alpha value is -2.62. The summed E-state index contributed by atoms with van der Waals surface area (Å²) in [5.74, 6) is -1.22. The highest BCUT2D eigenvalue weighted by Crippen LogP contribution is 2.13. The normalized spacial score (nSPS) is 17.6. The number of ether oxygens (including phenoxy) is 1. The first kappa shape index (κ1) is 18.7. The summed E-state index contributed by atoms with van der Waals surface area (Å²) < 4.78 is 31.1. The van der Waals surface area contributed by atoms with Crippen LogP contribution in [0.4, 0.5) is 4.79 Å². The smallest absolute Gasteiger partial charge is 0.332 e. The number of nitrogens with zero attached hydrogens (tertiary/aromatic N) is 1. The van der Waals surface area contributed by atoms with Crippen molar-refractivity contribution in [3.8, 4) is 0 Å². The van der Waals surface area contributed by atoms with Gasteiger partial charge in [-0.05, 0) is 19.1 Å². The first-order valence-corrected chi connectivity index (χ1v) is 8.97. The summed E-state index contributed by atoms with van der Waals surface area (Å²) in [5.41, 5.74) is 0.871. The molecule has 1 heterocycles. The molecule has 1 aliphatic rings. The molecule has 9 nitrogen and oxygen atoms in total. The Morgan fingerprint density at radius 1 is 1.32 bits per heavy atom. The zero-order chi connectivity index (χ0) is 18.6. The number of piperazine rings is 1. The van der Waals surface area contributed by atoms with Crippen molar-refractivity contribution in [2.24, 2.45) is 0 Å². The molecule has 2 N–H and O–H groups in total. The highest BCUT2D eigenvalue weighted by Gasteiger charge is 2.36. The van der Waals surface area contributed by atoms with Crippen molar-refractivity contribution >= 4 is 27.9 Å². The van der Waals surface area contributed by atoms with Crippen LogP contribution in [0.2, 0.25) is 0 Å². The molecular weight excluding hydrogens is 350 g/mol. The number of hydrogen-bond acceptors (Lipinski definition) is 6. The van der Waals surface area contributed by atoms with Crippen LogP contribution in [0.15, 0.2) is 29.2 Å². The number of nitrogens with one attached hydrogen (secondary N) is 2. The van der Waals surface area contributed by atoms with Gasteiger partial charge >= 0.3 is 12.0 Å². The minimum atomic E-state index is -4.09. The molecule has 10 heteroatoms. The molecule has 3 amide bonds. The molecule has 2 rings (SSSR count). The minimum absolute atomic E-state index is 0.0718. The summed E-state index contributed by atoms with van der Waals surface area (Å²) in [6.07, 6.45) is -0.361. The Bertz CT molecular complexity index is 775. The van der Waals surface area contributed by atoms with E-state index in [2.05, 4.69) is 10.1 Å². The third kappa shape index (κ3) is 4.47. The predicted octanol–water partition coefficient (Wildman–Crippen LogP) is -0.243. The standard InChI is InChI=1S/C15H19N3O6S/c1-10-3-5-11(6-4-10)25(22,23)17-15(21)18-8-7-16-14(20)12(18)9-13(19)24-2/h3-6,12H,7-9H2,1-2H3,(H,16,20)(H,17,21)/t12-/m0/s1. The van der Waals surface area contributed by atoms with Crippen molar-refractivity contribution in [3.63, 3.8) is 0 Å². The number of carbonyl (C=O) groups excluding carboxylic acids is 3. The topological polar surface area (TPSA) is 122 Å². The second kappa shape index (κ2) is 7.51. The molecule has 0 saturated carbocycles. The van der Waals surface area contributed by atoms with Gasteiger partial charge in [-0.1, -0.05) is 17.7 Å². The summed E-state index contributed by atoms with van der Waals surface area (Å²) in [5, 5.41) is 2.53. The maximum Gasteiger partial charge on any atom is 0.332 e. The van der Waals surface area contributed by atoms with Crippen molar-refractivity contribution in [1.82, 2.24) is 14.9 Å². The van der Waals surface area contributed by atoms with Gasteiger partial charge in [-0.25, -0.2) is 17.9 Å². The van der Waals surface area contributed by atoms with E-state index in [1.54, 1.807) is 19.1 Å². The third-order valence-corrected chi connectivity index (χ3v) is 5.07. The largest absolute Gasteiger partial charge is 0.469 e. The van der Waals surface area contributed by atoms with Crippen molar-refractivity contribution in [2.75, 3.05) is 20.2 Å². The number of rotatable bonds is 4. The van der Waals surface area contributed by atoms with E-state index in [0.717, 1.165) is 17.6 Å². The van der Waals surface area contributed by atoms with E-state index < -0.39 is 34.0 Å². The molecule has 0 spiro atoms. The third-order valence-electron chi connectivity index (χ3n) is 3.73. The number of benzene rings is 1. The van der Waals surface area contributed by atoms with Gasteiger partial charge in [0.1, 0.15) is 6.04 Å². The second-order valence-corrected chi connectivity index (χ2v) is 7.19. The lowest BCUT2D eigenvalue weighted by Gasteiger charge is -2.34. The molecule has 1 atom stereocenters. The number of sulfonamides is 1. The molecule has 136 valence electrons.